The highest BCUT2D eigenvalue weighted by atomic mass is 15.5. The molecule has 21 heavy (non-hydrogen) atoms. The van der Waals surface area contributed by atoms with E-state index in [0.717, 1.165) is 38.9 Å². The van der Waals surface area contributed by atoms with Crippen LogP contribution < -0.4 is 0 Å². The van der Waals surface area contributed by atoms with Crippen molar-refractivity contribution in [2.45, 2.75) is 39.2 Å². The third-order valence-electron chi connectivity index (χ3n) is 4.52. The summed E-state index contributed by atoms with van der Waals surface area (Å²) in [6.45, 7) is 7.83. The molecule has 1 aliphatic rings. The Hall–Kier alpha value is -1.68. The van der Waals surface area contributed by atoms with Crippen LogP contribution in [0.2, 0.25) is 0 Å². The van der Waals surface area contributed by atoms with E-state index in [-0.39, 0.29) is 0 Å². The topological polar surface area (TPSA) is 34.0 Å². The van der Waals surface area contributed by atoms with Gasteiger partial charge in [-0.3, -0.25) is 0 Å². The van der Waals surface area contributed by atoms with Crippen LogP contribution in [-0.2, 0) is 6.42 Å². The molecule has 2 aromatic rings. The molecule has 1 saturated heterocycles. The smallest absolute Gasteiger partial charge is 0.0740 e. The summed E-state index contributed by atoms with van der Waals surface area (Å²) in [4.78, 5) is 4.45. The minimum absolute atomic E-state index is 0.484. The number of nitrogens with zero attached hydrogens (tertiary/aromatic N) is 4. The van der Waals surface area contributed by atoms with Gasteiger partial charge in [-0.1, -0.05) is 23.8 Å². The molecular weight excluding hydrogens is 260 g/mol. The number of rotatable bonds is 4. The van der Waals surface area contributed by atoms with E-state index in [1.54, 1.807) is 12.4 Å². The lowest BCUT2D eigenvalue weighted by molar-refractivity contribution is 0.173. The van der Waals surface area contributed by atoms with Crippen molar-refractivity contribution in [3.8, 4) is 0 Å². The Bertz CT molecular complexity index is 568. The highest BCUT2D eigenvalue weighted by Gasteiger charge is 2.21. The van der Waals surface area contributed by atoms with Gasteiger partial charge < -0.3 is 4.90 Å². The summed E-state index contributed by atoms with van der Waals surface area (Å²) in [7, 11) is 0. The summed E-state index contributed by atoms with van der Waals surface area (Å²) in [6.07, 6.45) is 7.00. The van der Waals surface area contributed by atoms with E-state index in [1.165, 1.54) is 16.7 Å². The summed E-state index contributed by atoms with van der Waals surface area (Å²) < 4.78 is 0. The molecule has 1 aromatic carbocycles. The highest BCUT2D eigenvalue weighted by molar-refractivity contribution is 5.30. The van der Waals surface area contributed by atoms with Crippen molar-refractivity contribution in [3.05, 3.63) is 47.3 Å². The van der Waals surface area contributed by atoms with E-state index in [2.05, 4.69) is 47.1 Å². The minimum atomic E-state index is 0.484. The maximum absolute atomic E-state index is 4.27. The molecule has 4 nitrogen and oxygen atoms in total. The molecule has 112 valence electrons. The van der Waals surface area contributed by atoms with Gasteiger partial charge in [0.1, 0.15) is 0 Å². The van der Waals surface area contributed by atoms with E-state index in [0.29, 0.717) is 6.04 Å². The van der Waals surface area contributed by atoms with Crippen molar-refractivity contribution in [1.82, 2.24) is 19.9 Å². The maximum atomic E-state index is 4.27. The van der Waals surface area contributed by atoms with Gasteiger partial charge in [-0.15, -0.1) is 0 Å². The van der Waals surface area contributed by atoms with Crippen LogP contribution in [0, 0.1) is 13.8 Å². The maximum Gasteiger partial charge on any atom is 0.0740 e. The Morgan fingerprint density at radius 3 is 2.48 bits per heavy atom. The normalized spacial score (nSPS) is 17.2. The Balaban J connectivity index is 1.49. The van der Waals surface area contributed by atoms with Crippen molar-refractivity contribution in [2.75, 3.05) is 19.6 Å². The van der Waals surface area contributed by atoms with E-state index in [4.69, 9.17) is 0 Å². The fourth-order valence-electron chi connectivity index (χ4n) is 3.19. The first-order valence-electron chi connectivity index (χ1n) is 7.86. The number of hydrogen-bond donors (Lipinski definition) is 0. The predicted molar refractivity (Wildman–Crippen MR) is 84.4 cm³/mol. The Kier molecular flexibility index (Phi) is 4.34. The fraction of sp³-hybridized carbons (Fsp3) is 0.529. The van der Waals surface area contributed by atoms with Crippen LogP contribution in [0.4, 0.5) is 0 Å². The van der Waals surface area contributed by atoms with Crippen molar-refractivity contribution in [1.29, 1.82) is 0 Å². The van der Waals surface area contributed by atoms with Crippen LogP contribution in [0.25, 0.3) is 0 Å². The zero-order chi connectivity index (χ0) is 14.7. The van der Waals surface area contributed by atoms with Gasteiger partial charge >= 0.3 is 0 Å². The molecule has 0 amide bonds. The van der Waals surface area contributed by atoms with Crippen LogP contribution in [-0.4, -0.2) is 39.5 Å². The zero-order valence-corrected chi connectivity index (χ0v) is 13.0. The molecule has 1 fully saturated rings. The number of hydrogen-bond acceptors (Lipinski definition) is 3. The molecule has 0 N–H and O–H groups in total. The monoisotopic (exact) mass is 284 g/mol. The molecule has 0 atom stereocenters. The van der Waals surface area contributed by atoms with Gasteiger partial charge in [0.25, 0.3) is 0 Å². The molecule has 4 heteroatoms. The molecule has 2 heterocycles. The summed E-state index contributed by atoms with van der Waals surface area (Å²) in [6, 6.07) is 7.27. The molecule has 0 aliphatic carbocycles. The molecule has 0 saturated carbocycles. The SMILES string of the molecule is Cc1ccc(CCN2CCC(n3nccn3)CC2)c(C)c1. The number of aryl methyl sites for hydroxylation is 2. The van der Waals surface area contributed by atoms with Crippen LogP contribution >= 0.6 is 0 Å². The molecule has 0 radical (unpaired) electrons. The van der Waals surface area contributed by atoms with Gasteiger partial charge in [0.15, 0.2) is 0 Å². The molecule has 0 spiro atoms. The Morgan fingerprint density at radius 1 is 1.10 bits per heavy atom. The van der Waals surface area contributed by atoms with Crippen molar-refractivity contribution in [2.24, 2.45) is 0 Å². The summed E-state index contributed by atoms with van der Waals surface area (Å²) >= 11 is 0. The lowest BCUT2D eigenvalue weighted by atomic mass is 10.0. The lowest BCUT2D eigenvalue weighted by Crippen LogP contribution is -2.36. The minimum Gasteiger partial charge on any atom is -0.303 e. The first-order valence-corrected chi connectivity index (χ1v) is 7.86. The second kappa shape index (κ2) is 6.39. The number of piperidine rings is 1. The molecule has 1 aromatic heterocycles. The van der Waals surface area contributed by atoms with Gasteiger partial charge in [0.2, 0.25) is 0 Å². The average Bonchev–Trinajstić information content (AvgIpc) is 3.01. The van der Waals surface area contributed by atoms with E-state index in [9.17, 15) is 0 Å². The molecule has 1 aliphatic heterocycles. The summed E-state index contributed by atoms with van der Waals surface area (Å²) in [5.41, 5.74) is 4.26. The van der Waals surface area contributed by atoms with Crippen LogP contribution in [0.15, 0.2) is 30.6 Å². The molecule has 3 rings (SSSR count). The predicted octanol–water partition coefficient (Wildman–Crippen LogP) is 2.77. The molecule has 0 bridgehead atoms. The second-order valence-electron chi connectivity index (χ2n) is 6.10. The quantitative estimate of drug-likeness (QED) is 0.865. The lowest BCUT2D eigenvalue weighted by Gasteiger charge is -2.31. The molecular formula is C17H24N4. The fourth-order valence-corrected chi connectivity index (χ4v) is 3.19. The third kappa shape index (κ3) is 3.50. The van der Waals surface area contributed by atoms with Crippen molar-refractivity contribution < 1.29 is 0 Å². The summed E-state index contributed by atoms with van der Waals surface area (Å²) in [5.74, 6) is 0. The first-order chi connectivity index (χ1) is 10.2. The van der Waals surface area contributed by atoms with Gasteiger partial charge in [-0.2, -0.15) is 15.0 Å². The number of benzene rings is 1. The van der Waals surface area contributed by atoms with E-state index >= 15 is 0 Å². The Labute approximate surface area is 126 Å². The third-order valence-corrected chi connectivity index (χ3v) is 4.52. The highest BCUT2D eigenvalue weighted by Crippen LogP contribution is 2.21. The second-order valence-corrected chi connectivity index (χ2v) is 6.10. The van der Waals surface area contributed by atoms with Gasteiger partial charge in [0, 0.05) is 19.6 Å². The summed E-state index contributed by atoms with van der Waals surface area (Å²) in [5, 5.41) is 8.53. The standard InChI is InChI=1S/C17H24N4/c1-14-3-4-16(15(2)13-14)5-10-20-11-6-17(7-12-20)21-18-8-9-19-21/h3-4,8-9,13,17H,5-7,10-12H2,1-2H3. The van der Waals surface area contributed by atoms with Gasteiger partial charge in [0.05, 0.1) is 18.4 Å². The largest absolute Gasteiger partial charge is 0.303 e. The Morgan fingerprint density at radius 2 is 1.81 bits per heavy atom. The van der Waals surface area contributed by atoms with Gasteiger partial charge in [-0.25, -0.2) is 0 Å². The van der Waals surface area contributed by atoms with Crippen LogP contribution in [0.5, 0.6) is 0 Å². The first kappa shape index (κ1) is 14.3. The number of aromatic nitrogens is 3. The van der Waals surface area contributed by atoms with E-state index < -0.39 is 0 Å². The van der Waals surface area contributed by atoms with Crippen LogP contribution in [0.3, 0.4) is 0 Å². The van der Waals surface area contributed by atoms with E-state index in [1.807, 2.05) is 4.80 Å². The zero-order valence-electron chi connectivity index (χ0n) is 13.0. The van der Waals surface area contributed by atoms with Crippen molar-refractivity contribution in [3.63, 3.8) is 0 Å². The van der Waals surface area contributed by atoms with Gasteiger partial charge in [-0.05, 0) is 44.2 Å². The average molecular weight is 284 g/mol. The number of likely N-dealkylation sites (tertiary alicyclic amines) is 1. The van der Waals surface area contributed by atoms with Crippen molar-refractivity contribution >= 4 is 0 Å². The molecule has 0 unspecified atom stereocenters. The van der Waals surface area contributed by atoms with Crippen LogP contribution in [0.1, 0.15) is 35.6 Å².